The third kappa shape index (κ3) is 6.59. The Hall–Kier alpha value is -1.64. The largest absolute Gasteiger partial charge is 0.385 e. The number of hydrogen-bond acceptors (Lipinski definition) is 5. The van der Waals surface area contributed by atoms with E-state index in [2.05, 4.69) is 10.2 Å². The Bertz CT molecular complexity index is 670. The number of amides is 1. The van der Waals surface area contributed by atoms with Gasteiger partial charge in [-0.2, -0.15) is 4.31 Å². The van der Waals surface area contributed by atoms with Crippen LogP contribution in [0.2, 0.25) is 0 Å². The summed E-state index contributed by atoms with van der Waals surface area (Å²) >= 11 is 0. The number of ether oxygens (including phenoxy) is 1. The molecule has 1 N–H and O–H groups in total. The first kappa shape index (κ1) is 20.7. The van der Waals surface area contributed by atoms with Crippen molar-refractivity contribution in [1.29, 1.82) is 0 Å². The molecule has 8 heteroatoms. The molecule has 146 valence electrons. The maximum atomic E-state index is 12.2. The van der Waals surface area contributed by atoms with E-state index < -0.39 is 10.0 Å². The van der Waals surface area contributed by atoms with E-state index in [0.717, 1.165) is 25.0 Å². The van der Waals surface area contributed by atoms with Crippen molar-refractivity contribution < 1.29 is 17.9 Å². The van der Waals surface area contributed by atoms with Crippen LogP contribution in [0.4, 0.5) is 11.4 Å². The van der Waals surface area contributed by atoms with Gasteiger partial charge in [-0.05, 0) is 49.9 Å². The number of rotatable bonds is 9. The minimum absolute atomic E-state index is 0.198. The molecule has 0 radical (unpaired) electrons. The molecule has 0 atom stereocenters. The molecule has 1 aliphatic heterocycles. The van der Waals surface area contributed by atoms with Crippen molar-refractivity contribution in [3.8, 4) is 0 Å². The van der Waals surface area contributed by atoms with Crippen molar-refractivity contribution in [2.45, 2.75) is 25.7 Å². The molecule has 1 aliphatic rings. The molecule has 0 saturated carbocycles. The molecule has 0 spiro atoms. The number of benzene rings is 1. The van der Waals surface area contributed by atoms with Crippen LogP contribution < -0.4 is 10.2 Å². The molecule has 1 heterocycles. The Morgan fingerprint density at radius 1 is 1.19 bits per heavy atom. The van der Waals surface area contributed by atoms with E-state index in [9.17, 15) is 13.2 Å². The lowest BCUT2D eigenvalue weighted by atomic mass is 10.1. The van der Waals surface area contributed by atoms with Crippen molar-refractivity contribution in [2.75, 3.05) is 56.4 Å². The van der Waals surface area contributed by atoms with Gasteiger partial charge in [0.2, 0.25) is 15.9 Å². The van der Waals surface area contributed by atoms with Gasteiger partial charge in [-0.3, -0.25) is 4.79 Å². The van der Waals surface area contributed by atoms with Crippen molar-refractivity contribution in [3.05, 3.63) is 24.3 Å². The smallest absolute Gasteiger partial charge is 0.239 e. The molecule has 7 nitrogen and oxygen atoms in total. The molecule has 0 unspecified atom stereocenters. The Morgan fingerprint density at radius 3 is 2.42 bits per heavy atom. The predicted molar refractivity (Wildman–Crippen MR) is 104 cm³/mol. The molecule has 0 aromatic heterocycles. The van der Waals surface area contributed by atoms with Crippen molar-refractivity contribution in [1.82, 2.24) is 4.31 Å². The van der Waals surface area contributed by atoms with Crippen LogP contribution in [0.5, 0.6) is 0 Å². The third-order valence-corrected chi connectivity index (χ3v) is 5.67. The fourth-order valence-electron chi connectivity index (χ4n) is 3.02. The topological polar surface area (TPSA) is 79.0 Å². The molecule has 1 aromatic rings. The summed E-state index contributed by atoms with van der Waals surface area (Å²) in [5.74, 6) is -0.349. The molecular formula is C18H29N3O4S. The standard InChI is InChI=1S/C18H29N3O4S/c1-25-14-6-13-21(26(2,23)24)15-18(22)19-16-7-9-17(10-8-16)20-11-4-3-5-12-20/h7-10H,3-6,11-15H2,1-2H3,(H,19,22). The van der Waals surface area contributed by atoms with Gasteiger partial charge >= 0.3 is 0 Å². The SMILES string of the molecule is COCCCN(CC(=O)Nc1ccc(N2CCCCC2)cc1)S(C)(=O)=O. The summed E-state index contributed by atoms with van der Waals surface area (Å²) in [4.78, 5) is 14.6. The minimum Gasteiger partial charge on any atom is -0.385 e. The first-order chi connectivity index (χ1) is 12.4. The van der Waals surface area contributed by atoms with E-state index >= 15 is 0 Å². The van der Waals surface area contributed by atoms with Gasteiger partial charge in [0, 0.05) is 44.7 Å². The molecule has 1 aromatic carbocycles. The van der Waals surface area contributed by atoms with Gasteiger partial charge in [0.05, 0.1) is 12.8 Å². The molecule has 1 fully saturated rings. The number of sulfonamides is 1. The Balaban J connectivity index is 1.90. The summed E-state index contributed by atoms with van der Waals surface area (Å²) in [6.45, 7) is 2.64. The van der Waals surface area contributed by atoms with E-state index in [-0.39, 0.29) is 19.0 Å². The normalized spacial score (nSPS) is 15.3. The zero-order valence-electron chi connectivity index (χ0n) is 15.6. The van der Waals surface area contributed by atoms with E-state index in [4.69, 9.17) is 4.74 Å². The number of methoxy groups -OCH3 is 1. The fourth-order valence-corrected chi connectivity index (χ4v) is 3.83. The summed E-state index contributed by atoms with van der Waals surface area (Å²) in [5.41, 5.74) is 1.82. The highest BCUT2D eigenvalue weighted by Gasteiger charge is 2.20. The summed E-state index contributed by atoms with van der Waals surface area (Å²) in [6, 6.07) is 7.71. The molecule has 2 rings (SSSR count). The number of carbonyl (C=O) groups is 1. The Labute approximate surface area is 156 Å². The van der Waals surface area contributed by atoms with Crippen molar-refractivity contribution in [2.24, 2.45) is 0 Å². The van der Waals surface area contributed by atoms with Crippen LogP contribution in [-0.2, 0) is 19.6 Å². The van der Waals surface area contributed by atoms with Gasteiger partial charge in [0.15, 0.2) is 0 Å². The van der Waals surface area contributed by atoms with Gasteiger partial charge in [-0.15, -0.1) is 0 Å². The number of nitrogens with zero attached hydrogens (tertiary/aromatic N) is 2. The summed E-state index contributed by atoms with van der Waals surface area (Å²) in [7, 11) is -1.88. The van der Waals surface area contributed by atoms with E-state index in [1.807, 2.05) is 24.3 Å². The lowest BCUT2D eigenvalue weighted by Crippen LogP contribution is -2.38. The average molecular weight is 384 g/mol. The molecule has 26 heavy (non-hydrogen) atoms. The highest BCUT2D eigenvalue weighted by atomic mass is 32.2. The van der Waals surface area contributed by atoms with Crippen LogP contribution in [0.1, 0.15) is 25.7 Å². The monoisotopic (exact) mass is 383 g/mol. The van der Waals surface area contributed by atoms with Gasteiger partial charge in [0.1, 0.15) is 0 Å². The zero-order chi connectivity index (χ0) is 19.0. The van der Waals surface area contributed by atoms with E-state index in [1.165, 1.54) is 23.6 Å². The second-order valence-corrected chi connectivity index (χ2v) is 8.57. The molecule has 1 amide bonds. The lowest BCUT2D eigenvalue weighted by molar-refractivity contribution is -0.116. The van der Waals surface area contributed by atoms with Crippen LogP contribution in [-0.4, -0.2) is 64.8 Å². The van der Waals surface area contributed by atoms with Crippen molar-refractivity contribution >= 4 is 27.3 Å². The predicted octanol–water partition coefficient (Wildman–Crippen LogP) is 1.91. The summed E-state index contributed by atoms with van der Waals surface area (Å²) < 4.78 is 29.8. The molecule has 1 saturated heterocycles. The molecule has 0 aliphatic carbocycles. The number of hydrogen-bond donors (Lipinski definition) is 1. The maximum Gasteiger partial charge on any atom is 0.239 e. The highest BCUT2D eigenvalue weighted by Crippen LogP contribution is 2.21. The number of piperidine rings is 1. The van der Waals surface area contributed by atoms with Crippen LogP contribution in [0.15, 0.2) is 24.3 Å². The molecule has 0 bridgehead atoms. The van der Waals surface area contributed by atoms with Crippen LogP contribution in [0.25, 0.3) is 0 Å². The third-order valence-electron chi connectivity index (χ3n) is 4.42. The van der Waals surface area contributed by atoms with E-state index in [0.29, 0.717) is 18.7 Å². The minimum atomic E-state index is -3.44. The first-order valence-corrected chi connectivity index (χ1v) is 10.8. The second-order valence-electron chi connectivity index (χ2n) is 6.59. The number of nitrogens with one attached hydrogen (secondary N) is 1. The molecular weight excluding hydrogens is 354 g/mol. The Morgan fingerprint density at radius 2 is 1.85 bits per heavy atom. The van der Waals surface area contributed by atoms with Gasteiger partial charge < -0.3 is 15.0 Å². The van der Waals surface area contributed by atoms with Crippen LogP contribution in [0, 0.1) is 0 Å². The summed E-state index contributed by atoms with van der Waals surface area (Å²) in [5, 5.41) is 2.77. The first-order valence-electron chi connectivity index (χ1n) is 8.99. The van der Waals surface area contributed by atoms with E-state index in [1.54, 1.807) is 7.11 Å². The lowest BCUT2D eigenvalue weighted by Gasteiger charge is -2.28. The van der Waals surface area contributed by atoms with Crippen molar-refractivity contribution in [3.63, 3.8) is 0 Å². The number of carbonyl (C=O) groups excluding carboxylic acids is 1. The average Bonchev–Trinajstić information content (AvgIpc) is 2.61. The van der Waals surface area contributed by atoms with Gasteiger partial charge in [-0.25, -0.2) is 8.42 Å². The quantitative estimate of drug-likeness (QED) is 0.659. The number of anilines is 2. The summed E-state index contributed by atoms with van der Waals surface area (Å²) in [6.07, 6.45) is 5.36. The van der Waals surface area contributed by atoms with Crippen LogP contribution >= 0.6 is 0 Å². The maximum absolute atomic E-state index is 12.2. The van der Waals surface area contributed by atoms with Gasteiger partial charge in [0.25, 0.3) is 0 Å². The van der Waals surface area contributed by atoms with Gasteiger partial charge in [-0.1, -0.05) is 0 Å². The second kappa shape index (κ2) is 9.89. The fraction of sp³-hybridized carbons (Fsp3) is 0.611. The highest BCUT2D eigenvalue weighted by molar-refractivity contribution is 7.88. The Kier molecular flexibility index (Phi) is 7.86. The van der Waals surface area contributed by atoms with Crippen LogP contribution in [0.3, 0.4) is 0 Å². The zero-order valence-corrected chi connectivity index (χ0v) is 16.4.